The first-order valence-electron chi connectivity index (χ1n) is 5.44. The Kier molecular flexibility index (Phi) is 4.68. The highest BCUT2D eigenvalue weighted by Crippen LogP contribution is 2.15. The maximum Gasteiger partial charge on any atom is 0.276 e. The molecule has 6 nitrogen and oxygen atoms in total. The molecule has 0 saturated heterocycles. The number of rotatable bonds is 5. The largest absolute Gasteiger partial charge is 0.484 e. The van der Waals surface area contributed by atoms with Gasteiger partial charge in [0.05, 0.1) is 0 Å². The van der Waals surface area contributed by atoms with Crippen LogP contribution in [0.4, 0.5) is 5.95 Å². The van der Waals surface area contributed by atoms with Gasteiger partial charge in [-0.2, -0.15) is 0 Å². The van der Waals surface area contributed by atoms with E-state index in [2.05, 4.69) is 36.7 Å². The molecule has 1 aromatic heterocycles. The maximum absolute atomic E-state index is 11.5. The Balaban J connectivity index is 1.74. The molecule has 0 atom stereocenters. The van der Waals surface area contributed by atoms with Gasteiger partial charge in [-0.3, -0.25) is 15.6 Å². The van der Waals surface area contributed by atoms with Gasteiger partial charge in [0.25, 0.3) is 5.91 Å². The van der Waals surface area contributed by atoms with E-state index in [1.807, 2.05) is 12.1 Å². The van der Waals surface area contributed by atoms with Gasteiger partial charge < -0.3 is 4.74 Å². The summed E-state index contributed by atoms with van der Waals surface area (Å²) in [6, 6.07) is 8.90. The molecular weight excluding hydrogens is 312 g/mol. The maximum atomic E-state index is 11.5. The Bertz CT molecular complexity index is 533. The number of halogens is 1. The van der Waals surface area contributed by atoms with Crippen LogP contribution in [-0.4, -0.2) is 22.5 Å². The summed E-state index contributed by atoms with van der Waals surface area (Å²) < 4.78 is 6.25. The lowest BCUT2D eigenvalue weighted by Gasteiger charge is -2.08. The van der Waals surface area contributed by atoms with Crippen LogP contribution in [0.5, 0.6) is 5.75 Å². The van der Waals surface area contributed by atoms with Gasteiger partial charge in [-0.25, -0.2) is 9.97 Å². The monoisotopic (exact) mass is 322 g/mol. The second-order valence-electron chi connectivity index (χ2n) is 3.49. The molecule has 0 fully saturated rings. The molecule has 0 bridgehead atoms. The molecule has 2 N–H and O–H groups in total. The lowest BCUT2D eigenvalue weighted by atomic mass is 10.3. The Morgan fingerprint density at radius 2 is 1.89 bits per heavy atom. The van der Waals surface area contributed by atoms with Crippen molar-refractivity contribution in [2.75, 3.05) is 12.0 Å². The van der Waals surface area contributed by atoms with Crippen LogP contribution in [0.3, 0.4) is 0 Å². The molecular formula is C12H11BrN4O2. The van der Waals surface area contributed by atoms with Crippen LogP contribution in [-0.2, 0) is 4.79 Å². The van der Waals surface area contributed by atoms with Gasteiger partial charge in [-0.15, -0.1) is 0 Å². The van der Waals surface area contributed by atoms with Crippen molar-refractivity contribution in [3.63, 3.8) is 0 Å². The summed E-state index contributed by atoms with van der Waals surface area (Å²) in [6.07, 6.45) is 3.14. The number of benzene rings is 1. The van der Waals surface area contributed by atoms with Crippen LogP contribution in [0, 0.1) is 0 Å². The van der Waals surface area contributed by atoms with E-state index in [4.69, 9.17) is 4.74 Å². The Morgan fingerprint density at radius 1 is 1.21 bits per heavy atom. The second kappa shape index (κ2) is 6.69. The van der Waals surface area contributed by atoms with E-state index in [-0.39, 0.29) is 12.5 Å². The number of carbonyl (C=O) groups is 1. The van der Waals surface area contributed by atoms with E-state index in [0.29, 0.717) is 11.7 Å². The third-order valence-corrected chi connectivity index (χ3v) is 2.59. The van der Waals surface area contributed by atoms with E-state index in [1.165, 1.54) is 0 Å². The number of carbonyl (C=O) groups excluding carboxylic acids is 1. The lowest BCUT2D eigenvalue weighted by Crippen LogP contribution is -2.34. The van der Waals surface area contributed by atoms with E-state index in [1.54, 1.807) is 30.6 Å². The molecule has 0 aliphatic rings. The van der Waals surface area contributed by atoms with Gasteiger partial charge in [0.2, 0.25) is 5.95 Å². The third-order valence-electron chi connectivity index (χ3n) is 2.06. The van der Waals surface area contributed by atoms with Crippen molar-refractivity contribution < 1.29 is 9.53 Å². The number of nitrogens with zero attached hydrogens (tertiary/aromatic N) is 2. The Morgan fingerprint density at radius 3 is 2.58 bits per heavy atom. The molecule has 98 valence electrons. The lowest BCUT2D eigenvalue weighted by molar-refractivity contribution is -0.122. The van der Waals surface area contributed by atoms with Gasteiger partial charge in [-0.05, 0) is 30.3 Å². The number of nitrogens with one attached hydrogen (secondary N) is 2. The molecule has 0 aliphatic heterocycles. The summed E-state index contributed by atoms with van der Waals surface area (Å²) in [6.45, 7) is -0.0958. The van der Waals surface area contributed by atoms with Crippen LogP contribution in [0.15, 0.2) is 47.2 Å². The van der Waals surface area contributed by atoms with Gasteiger partial charge in [0.1, 0.15) is 5.75 Å². The molecule has 19 heavy (non-hydrogen) atoms. The number of aromatic nitrogens is 2. The van der Waals surface area contributed by atoms with Crippen molar-refractivity contribution in [1.82, 2.24) is 15.4 Å². The van der Waals surface area contributed by atoms with E-state index in [0.717, 1.165) is 4.47 Å². The highest BCUT2D eigenvalue weighted by atomic mass is 79.9. The molecule has 2 rings (SSSR count). The van der Waals surface area contributed by atoms with Gasteiger partial charge in [-0.1, -0.05) is 15.9 Å². The summed E-state index contributed by atoms with van der Waals surface area (Å²) >= 11 is 3.32. The minimum Gasteiger partial charge on any atom is -0.484 e. The molecule has 1 heterocycles. The predicted octanol–water partition coefficient (Wildman–Crippen LogP) is 1.76. The van der Waals surface area contributed by atoms with E-state index < -0.39 is 0 Å². The summed E-state index contributed by atoms with van der Waals surface area (Å²) in [7, 11) is 0. The fraction of sp³-hybridized carbons (Fsp3) is 0.0833. The van der Waals surface area contributed by atoms with Crippen molar-refractivity contribution >= 4 is 27.8 Å². The third kappa shape index (κ3) is 4.55. The first-order chi connectivity index (χ1) is 9.24. The molecule has 1 amide bonds. The topological polar surface area (TPSA) is 76.1 Å². The number of ether oxygens (including phenoxy) is 1. The first-order valence-corrected chi connectivity index (χ1v) is 6.23. The highest BCUT2D eigenvalue weighted by molar-refractivity contribution is 9.10. The minimum atomic E-state index is -0.324. The van der Waals surface area contributed by atoms with E-state index in [9.17, 15) is 4.79 Å². The zero-order valence-corrected chi connectivity index (χ0v) is 11.4. The SMILES string of the molecule is O=C(COc1ccc(Br)cc1)NNc1ncccn1. The predicted molar refractivity (Wildman–Crippen MR) is 73.4 cm³/mol. The molecule has 7 heteroatoms. The zero-order chi connectivity index (χ0) is 13.5. The fourth-order valence-corrected chi connectivity index (χ4v) is 1.47. The molecule has 0 radical (unpaired) electrons. The minimum absolute atomic E-state index is 0.0958. The fourth-order valence-electron chi connectivity index (χ4n) is 1.21. The van der Waals surface area contributed by atoms with Crippen molar-refractivity contribution in [3.05, 3.63) is 47.2 Å². The molecule has 0 saturated carbocycles. The standard InChI is InChI=1S/C12H11BrN4O2/c13-9-2-4-10(5-3-9)19-8-11(18)16-17-12-14-6-1-7-15-12/h1-7H,8H2,(H,16,18)(H,14,15,17). The summed E-state index contributed by atoms with van der Waals surface area (Å²) in [4.78, 5) is 19.3. The second-order valence-corrected chi connectivity index (χ2v) is 4.40. The number of anilines is 1. The van der Waals surface area contributed by atoms with Crippen molar-refractivity contribution in [1.29, 1.82) is 0 Å². The van der Waals surface area contributed by atoms with Crippen molar-refractivity contribution in [2.45, 2.75) is 0 Å². The number of hydrogen-bond donors (Lipinski definition) is 2. The quantitative estimate of drug-likeness (QED) is 0.820. The highest BCUT2D eigenvalue weighted by Gasteiger charge is 2.03. The van der Waals surface area contributed by atoms with Crippen LogP contribution in [0.1, 0.15) is 0 Å². The molecule has 0 unspecified atom stereocenters. The number of hydrogen-bond acceptors (Lipinski definition) is 5. The summed E-state index contributed by atoms with van der Waals surface area (Å²) in [5, 5.41) is 0. The number of hydrazine groups is 1. The van der Waals surface area contributed by atoms with Crippen molar-refractivity contribution in [2.24, 2.45) is 0 Å². The molecule has 2 aromatic rings. The van der Waals surface area contributed by atoms with Crippen molar-refractivity contribution in [3.8, 4) is 5.75 Å². The Labute approximate surface area is 118 Å². The van der Waals surface area contributed by atoms with Crippen LogP contribution in [0.25, 0.3) is 0 Å². The zero-order valence-electron chi connectivity index (χ0n) is 9.84. The van der Waals surface area contributed by atoms with Crippen LogP contribution in [0.2, 0.25) is 0 Å². The van der Waals surface area contributed by atoms with Gasteiger partial charge in [0.15, 0.2) is 6.61 Å². The molecule has 0 spiro atoms. The van der Waals surface area contributed by atoms with Crippen LogP contribution < -0.4 is 15.6 Å². The summed E-state index contributed by atoms with van der Waals surface area (Å²) in [5.74, 6) is 0.615. The Hall–Kier alpha value is -2.15. The molecule has 1 aromatic carbocycles. The van der Waals surface area contributed by atoms with Gasteiger partial charge in [0, 0.05) is 16.9 Å². The molecule has 0 aliphatic carbocycles. The smallest absolute Gasteiger partial charge is 0.276 e. The van der Waals surface area contributed by atoms with Gasteiger partial charge >= 0.3 is 0 Å². The average molecular weight is 323 g/mol. The number of amides is 1. The average Bonchev–Trinajstić information content (AvgIpc) is 2.45. The first kappa shape index (κ1) is 13.3. The normalized spacial score (nSPS) is 9.74. The summed E-state index contributed by atoms with van der Waals surface area (Å²) in [5.41, 5.74) is 5.01. The van der Waals surface area contributed by atoms with E-state index >= 15 is 0 Å². The van der Waals surface area contributed by atoms with Crippen LogP contribution >= 0.6 is 15.9 Å².